The minimum atomic E-state index is 0.111. The van der Waals surface area contributed by atoms with E-state index in [2.05, 4.69) is 66.5 Å². The van der Waals surface area contributed by atoms with Crippen LogP contribution in [0.3, 0.4) is 0 Å². The molecular weight excluding hydrogens is 368 g/mol. The second-order valence-corrected chi connectivity index (χ2v) is 9.86. The Labute approximate surface area is 180 Å². The summed E-state index contributed by atoms with van der Waals surface area (Å²) in [5, 5.41) is 3.54. The highest BCUT2D eigenvalue weighted by atomic mass is 16.2. The molecule has 2 aliphatic heterocycles. The molecule has 1 N–H and O–H groups in total. The van der Waals surface area contributed by atoms with Gasteiger partial charge in [-0.05, 0) is 81.3 Å². The third-order valence-electron chi connectivity index (χ3n) is 7.95. The summed E-state index contributed by atoms with van der Waals surface area (Å²) in [4.78, 5) is 16.0. The van der Waals surface area contributed by atoms with Crippen molar-refractivity contribution in [1.82, 2.24) is 10.2 Å². The lowest BCUT2D eigenvalue weighted by molar-refractivity contribution is -0.143. The molecule has 0 radical (unpaired) electrons. The van der Waals surface area contributed by atoms with E-state index >= 15 is 0 Å². The molecule has 1 spiro atoms. The largest absolute Gasteiger partial charge is 0.334 e. The Morgan fingerprint density at radius 1 is 1.10 bits per heavy atom. The topological polar surface area (TPSA) is 32.3 Å². The summed E-state index contributed by atoms with van der Waals surface area (Å²) in [6.07, 6.45) is 6.50. The third-order valence-corrected chi connectivity index (χ3v) is 7.95. The van der Waals surface area contributed by atoms with Gasteiger partial charge in [-0.25, -0.2) is 0 Å². The third kappa shape index (κ3) is 3.37. The van der Waals surface area contributed by atoms with Crippen molar-refractivity contribution in [2.75, 3.05) is 19.6 Å². The molecule has 2 fully saturated rings. The molecule has 0 bridgehead atoms. The van der Waals surface area contributed by atoms with E-state index in [1.165, 1.54) is 34.2 Å². The molecule has 1 saturated heterocycles. The molecular formula is C27H34N2O. The Balaban J connectivity index is 1.58. The Morgan fingerprint density at radius 3 is 2.57 bits per heavy atom. The van der Waals surface area contributed by atoms with E-state index < -0.39 is 0 Å². The first-order valence-electron chi connectivity index (χ1n) is 11.7. The molecule has 1 atom stereocenters. The van der Waals surface area contributed by atoms with Gasteiger partial charge in [0.15, 0.2) is 0 Å². The Bertz CT molecular complexity index is 940. The van der Waals surface area contributed by atoms with E-state index in [0.717, 1.165) is 51.7 Å². The van der Waals surface area contributed by atoms with E-state index in [-0.39, 0.29) is 17.4 Å². The van der Waals surface area contributed by atoms with Crippen LogP contribution in [0.5, 0.6) is 0 Å². The van der Waals surface area contributed by atoms with Gasteiger partial charge in [0, 0.05) is 17.9 Å². The highest BCUT2D eigenvalue weighted by Crippen LogP contribution is 2.47. The zero-order valence-electron chi connectivity index (χ0n) is 18.4. The van der Waals surface area contributed by atoms with Gasteiger partial charge in [0.2, 0.25) is 5.91 Å². The Kier molecular flexibility index (Phi) is 5.18. The fourth-order valence-electron chi connectivity index (χ4n) is 5.92. The molecule has 1 amide bonds. The number of piperidine rings is 1. The quantitative estimate of drug-likeness (QED) is 0.796. The van der Waals surface area contributed by atoms with Crippen LogP contribution in [0, 0.1) is 19.8 Å². The molecule has 3 aliphatic rings. The zero-order valence-corrected chi connectivity index (χ0v) is 18.4. The second kappa shape index (κ2) is 7.85. The van der Waals surface area contributed by atoms with Gasteiger partial charge in [0.25, 0.3) is 0 Å². The van der Waals surface area contributed by atoms with Gasteiger partial charge in [-0.1, -0.05) is 54.4 Å². The zero-order chi connectivity index (χ0) is 20.7. The van der Waals surface area contributed by atoms with Crippen LogP contribution in [-0.4, -0.2) is 30.4 Å². The predicted molar refractivity (Wildman–Crippen MR) is 122 cm³/mol. The number of fused-ring (bicyclic) bond motifs is 2. The molecule has 0 aromatic heterocycles. The van der Waals surface area contributed by atoms with Crippen LogP contribution in [0.15, 0.2) is 42.5 Å². The van der Waals surface area contributed by atoms with E-state index in [1.54, 1.807) is 0 Å². The highest BCUT2D eigenvalue weighted by molar-refractivity contribution is 5.81. The first kappa shape index (κ1) is 19.8. The smallest absolute Gasteiger partial charge is 0.226 e. The van der Waals surface area contributed by atoms with Crippen molar-refractivity contribution in [3.05, 3.63) is 70.3 Å². The number of nitrogens with one attached hydrogen (secondary N) is 1. The van der Waals surface area contributed by atoms with Crippen LogP contribution in [-0.2, 0) is 16.6 Å². The molecule has 1 saturated carbocycles. The van der Waals surface area contributed by atoms with E-state index in [9.17, 15) is 4.79 Å². The number of carbonyl (C=O) groups is 1. The van der Waals surface area contributed by atoms with Gasteiger partial charge in [0.05, 0.1) is 6.04 Å². The van der Waals surface area contributed by atoms with E-state index in [4.69, 9.17) is 0 Å². The lowest BCUT2D eigenvalue weighted by atomic mass is 9.66. The van der Waals surface area contributed by atoms with Gasteiger partial charge in [-0.15, -0.1) is 0 Å². The van der Waals surface area contributed by atoms with Crippen LogP contribution < -0.4 is 5.32 Å². The van der Waals surface area contributed by atoms with Gasteiger partial charge >= 0.3 is 0 Å². The van der Waals surface area contributed by atoms with Crippen molar-refractivity contribution in [3.63, 3.8) is 0 Å². The molecule has 30 heavy (non-hydrogen) atoms. The van der Waals surface area contributed by atoms with Crippen molar-refractivity contribution in [3.8, 4) is 0 Å². The summed E-state index contributed by atoms with van der Waals surface area (Å²) in [7, 11) is 0. The average Bonchev–Trinajstić information content (AvgIpc) is 2.71. The first-order valence-corrected chi connectivity index (χ1v) is 11.7. The summed E-state index contributed by atoms with van der Waals surface area (Å²) in [5.41, 5.74) is 7.01. The van der Waals surface area contributed by atoms with Crippen molar-refractivity contribution in [2.24, 2.45) is 5.92 Å². The first-order chi connectivity index (χ1) is 14.6. The molecule has 2 aromatic rings. The van der Waals surface area contributed by atoms with Crippen LogP contribution in [0.1, 0.15) is 66.0 Å². The second-order valence-electron chi connectivity index (χ2n) is 9.86. The van der Waals surface area contributed by atoms with E-state index in [1.807, 2.05) is 0 Å². The summed E-state index contributed by atoms with van der Waals surface area (Å²) in [5.74, 6) is 0.652. The lowest BCUT2D eigenvalue weighted by Crippen LogP contribution is -2.56. The minimum absolute atomic E-state index is 0.111. The normalized spacial score (nSPS) is 23.1. The maximum atomic E-state index is 13.7. The maximum absolute atomic E-state index is 13.7. The molecule has 3 heteroatoms. The van der Waals surface area contributed by atoms with Crippen LogP contribution >= 0.6 is 0 Å². The predicted octanol–water partition coefficient (Wildman–Crippen LogP) is 4.85. The number of amides is 1. The number of benzene rings is 2. The molecule has 0 unspecified atom stereocenters. The van der Waals surface area contributed by atoms with Crippen LogP contribution in [0.2, 0.25) is 0 Å². The highest BCUT2D eigenvalue weighted by Gasteiger charge is 2.47. The van der Waals surface area contributed by atoms with Crippen molar-refractivity contribution < 1.29 is 4.79 Å². The number of nitrogens with zero attached hydrogens (tertiary/aromatic N) is 1. The summed E-state index contributed by atoms with van der Waals surface area (Å²) in [6, 6.07) is 15.9. The number of hydrogen-bond donors (Lipinski definition) is 1. The lowest BCUT2D eigenvalue weighted by Gasteiger charge is -2.51. The molecule has 2 heterocycles. The van der Waals surface area contributed by atoms with Crippen molar-refractivity contribution >= 4 is 5.91 Å². The fraction of sp³-hybridized carbons (Fsp3) is 0.519. The standard InChI is InChI=1S/C27H34N2O/c1-19-10-11-22(20(2)16-19)17-25-23-8-3-4-9-24(23)27(12-14-28-15-13-27)18-29(25)26(30)21-6-5-7-21/h3-4,8-11,16,21,25,28H,5-7,12-15,17-18H2,1-2H3/t25-/m1/s1. The number of carbonyl (C=O) groups excluding carboxylic acids is 1. The van der Waals surface area contributed by atoms with Gasteiger partial charge in [-0.2, -0.15) is 0 Å². The molecule has 1 aliphatic carbocycles. The summed E-state index contributed by atoms with van der Waals surface area (Å²) >= 11 is 0. The molecule has 5 rings (SSSR count). The number of hydrogen-bond acceptors (Lipinski definition) is 2. The molecule has 2 aromatic carbocycles. The van der Waals surface area contributed by atoms with E-state index in [0.29, 0.717) is 5.91 Å². The Morgan fingerprint density at radius 2 is 1.87 bits per heavy atom. The molecule has 3 nitrogen and oxygen atoms in total. The van der Waals surface area contributed by atoms with Gasteiger partial charge in [-0.3, -0.25) is 4.79 Å². The number of rotatable bonds is 3. The number of aryl methyl sites for hydroxylation is 2. The van der Waals surface area contributed by atoms with Crippen molar-refractivity contribution in [1.29, 1.82) is 0 Å². The van der Waals surface area contributed by atoms with Gasteiger partial charge in [0.1, 0.15) is 0 Å². The minimum Gasteiger partial charge on any atom is -0.334 e. The van der Waals surface area contributed by atoms with Gasteiger partial charge < -0.3 is 10.2 Å². The molecule has 158 valence electrons. The fourth-order valence-corrected chi connectivity index (χ4v) is 5.92. The van der Waals surface area contributed by atoms with Crippen LogP contribution in [0.25, 0.3) is 0 Å². The average molecular weight is 403 g/mol. The van der Waals surface area contributed by atoms with Crippen molar-refractivity contribution in [2.45, 2.75) is 63.8 Å². The Hall–Kier alpha value is -2.13. The summed E-state index contributed by atoms with van der Waals surface area (Å²) in [6.45, 7) is 7.34. The SMILES string of the molecule is Cc1ccc(C[C@@H]2c3ccccc3C3(CCNCC3)CN2C(=O)C2CCC2)c(C)c1. The maximum Gasteiger partial charge on any atom is 0.226 e. The summed E-state index contributed by atoms with van der Waals surface area (Å²) < 4.78 is 0. The monoisotopic (exact) mass is 402 g/mol. The van der Waals surface area contributed by atoms with Crippen LogP contribution in [0.4, 0.5) is 0 Å².